The van der Waals surface area contributed by atoms with E-state index in [9.17, 15) is 4.79 Å². The number of nitrogens with one attached hydrogen (secondary N) is 1. The molecule has 1 aliphatic rings. The summed E-state index contributed by atoms with van der Waals surface area (Å²) in [4.78, 5) is 11.6. The van der Waals surface area contributed by atoms with E-state index in [2.05, 4.69) is 19.2 Å². The highest BCUT2D eigenvalue weighted by Gasteiger charge is 2.17. The zero-order valence-corrected chi connectivity index (χ0v) is 9.51. The van der Waals surface area contributed by atoms with Crippen LogP contribution >= 0.6 is 0 Å². The molecule has 0 saturated heterocycles. The average molecular weight is 197 g/mol. The Labute approximate surface area is 87.5 Å². The maximum atomic E-state index is 11.6. The van der Waals surface area contributed by atoms with Gasteiger partial charge < -0.3 is 5.32 Å². The molecule has 0 bridgehead atoms. The minimum atomic E-state index is 0.256. The number of rotatable bonds is 4. The van der Waals surface area contributed by atoms with Crippen LogP contribution in [0.3, 0.4) is 0 Å². The van der Waals surface area contributed by atoms with Crippen LogP contribution in [0.4, 0.5) is 0 Å². The second kappa shape index (κ2) is 6.05. The normalized spacial score (nSPS) is 20.4. The van der Waals surface area contributed by atoms with Crippen LogP contribution in [0.2, 0.25) is 0 Å². The number of hydrogen-bond acceptors (Lipinski definition) is 1. The molecule has 1 amide bonds. The van der Waals surface area contributed by atoms with Gasteiger partial charge in [0.2, 0.25) is 5.91 Å². The minimum Gasteiger partial charge on any atom is -0.354 e. The van der Waals surface area contributed by atoms with Crippen LogP contribution in [0.25, 0.3) is 0 Å². The van der Waals surface area contributed by atoms with Crippen molar-refractivity contribution < 1.29 is 4.79 Å². The van der Waals surface area contributed by atoms with Gasteiger partial charge in [0.05, 0.1) is 0 Å². The quantitative estimate of drug-likeness (QED) is 0.737. The van der Waals surface area contributed by atoms with Crippen molar-refractivity contribution in [2.75, 3.05) is 0 Å². The van der Waals surface area contributed by atoms with Gasteiger partial charge in [-0.15, -0.1) is 0 Å². The fourth-order valence-electron chi connectivity index (χ4n) is 2.09. The van der Waals surface area contributed by atoms with Gasteiger partial charge in [0, 0.05) is 12.5 Å². The van der Waals surface area contributed by atoms with Crippen LogP contribution in [0.5, 0.6) is 0 Å². The van der Waals surface area contributed by atoms with E-state index in [4.69, 9.17) is 0 Å². The first-order valence-corrected chi connectivity index (χ1v) is 6.01. The third kappa shape index (κ3) is 4.12. The fourth-order valence-corrected chi connectivity index (χ4v) is 2.09. The molecule has 14 heavy (non-hydrogen) atoms. The summed E-state index contributed by atoms with van der Waals surface area (Å²) in [6, 6.07) is 0.339. The molecule has 0 aromatic carbocycles. The van der Waals surface area contributed by atoms with Gasteiger partial charge in [0.15, 0.2) is 0 Å². The molecule has 2 heteroatoms. The lowest BCUT2D eigenvalue weighted by atomic mass is 9.87. The van der Waals surface area contributed by atoms with E-state index in [0.29, 0.717) is 12.0 Å². The molecule has 1 fully saturated rings. The van der Waals surface area contributed by atoms with Gasteiger partial charge in [0.1, 0.15) is 0 Å². The third-order valence-corrected chi connectivity index (χ3v) is 3.22. The topological polar surface area (TPSA) is 29.1 Å². The van der Waals surface area contributed by atoms with Crippen molar-refractivity contribution in [1.82, 2.24) is 5.32 Å². The van der Waals surface area contributed by atoms with Crippen molar-refractivity contribution in [3.05, 3.63) is 0 Å². The van der Waals surface area contributed by atoms with E-state index in [1.54, 1.807) is 0 Å². The molecule has 0 aromatic heterocycles. The van der Waals surface area contributed by atoms with E-state index >= 15 is 0 Å². The predicted octanol–water partition coefficient (Wildman–Crippen LogP) is 2.87. The molecule has 0 aliphatic heterocycles. The molecule has 1 aliphatic carbocycles. The Morgan fingerprint density at radius 1 is 1.36 bits per heavy atom. The lowest BCUT2D eigenvalue weighted by Gasteiger charge is -2.21. The van der Waals surface area contributed by atoms with Crippen LogP contribution in [0, 0.1) is 5.92 Å². The van der Waals surface area contributed by atoms with Crippen molar-refractivity contribution in [2.45, 2.75) is 64.8 Å². The Bertz CT molecular complexity index is 173. The predicted molar refractivity (Wildman–Crippen MR) is 59.1 cm³/mol. The minimum absolute atomic E-state index is 0.256. The monoisotopic (exact) mass is 197 g/mol. The number of hydrogen-bond donors (Lipinski definition) is 1. The van der Waals surface area contributed by atoms with Gasteiger partial charge >= 0.3 is 0 Å². The summed E-state index contributed by atoms with van der Waals surface area (Å²) in [6.45, 7) is 4.17. The fraction of sp³-hybridized carbons (Fsp3) is 0.917. The first-order valence-electron chi connectivity index (χ1n) is 6.01. The molecule has 1 atom stereocenters. The molecule has 82 valence electrons. The zero-order valence-electron chi connectivity index (χ0n) is 9.51. The van der Waals surface area contributed by atoms with Gasteiger partial charge in [-0.1, -0.05) is 26.2 Å². The number of amides is 1. The highest BCUT2D eigenvalue weighted by Crippen LogP contribution is 2.26. The largest absolute Gasteiger partial charge is 0.354 e. The third-order valence-electron chi connectivity index (χ3n) is 3.22. The molecule has 1 rings (SSSR count). The van der Waals surface area contributed by atoms with Crippen LogP contribution in [0.15, 0.2) is 0 Å². The van der Waals surface area contributed by atoms with Gasteiger partial charge in [-0.3, -0.25) is 4.79 Å². The smallest absolute Gasteiger partial charge is 0.220 e. The van der Waals surface area contributed by atoms with Crippen LogP contribution < -0.4 is 5.32 Å². The second-order valence-corrected chi connectivity index (χ2v) is 4.58. The SMILES string of the molecule is CCC(C)NC(=O)CC1CCCCC1. The highest BCUT2D eigenvalue weighted by atomic mass is 16.1. The van der Waals surface area contributed by atoms with Gasteiger partial charge in [0.25, 0.3) is 0 Å². The van der Waals surface area contributed by atoms with E-state index in [0.717, 1.165) is 12.8 Å². The summed E-state index contributed by atoms with van der Waals surface area (Å²) in [6.07, 6.45) is 8.30. The summed E-state index contributed by atoms with van der Waals surface area (Å²) in [7, 11) is 0. The lowest BCUT2D eigenvalue weighted by Crippen LogP contribution is -2.33. The van der Waals surface area contributed by atoms with Crippen LogP contribution in [-0.2, 0) is 4.79 Å². The number of carbonyl (C=O) groups is 1. The molecule has 0 heterocycles. The Morgan fingerprint density at radius 3 is 2.57 bits per heavy atom. The van der Waals surface area contributed by atoms with Crippen molar-refractivity contribution in [3.63, 3.8) is 0 Å². The standard InChI is InChI=1S/C12H23NO/c1-3-10(2)13-12(14)9-11-7-5-4-6-8-11/h10-11H,3-9H2,1-2H3,(H,13,14). The lowest BCUT2D eigenvalue weighted by molar-refractivity contribution is -0.122. The number of carbonyl (C=O) groups excluding carboxylic acids is 1. The molecule has 1 unspecified atom stereocenters. The first kappa shape index (κ1) is 11.5. The zero-order chi connectivity index (χ0) is 10.4. The van der Waals surface area contributed by atoms with Crippen molar-refractivity contribution in [2.24, 2.45) is 5.92 Å². The summed E-state index contributed by atoms with van der Waals surface area (Å²) < 4.78 is 0. The Kier molecular flexibility index (Phi) is 4.99. The van der Waals surface area contributed by atoms with Gasteiger partial charge in [-0.05, 0) is 32.1 Å². The molecule has 1 N–H and O–H groups in total. The van der Waals surface area contributed by atoms with Crippen LogP contribution in [-0.4, -0.2) is 11.9 Å². The molecular weight excluding hydrogens is 174 g/mol. The molecule has 0 radical (unpaired) electrons. The molecule has 2 nitrogen and oxygen atoms in total. The van der Waals surface area contributed by atoms with Crippen molar-refractivity contribution in [1.29, 1.82) is 0 Å². The Morgan fingerprint density at radius 2 is 2.00 bits per heavy atom. The first-order chi connectivity index (χ1) is 6.72. The molecule has 0 spiro atoms. The maximum Gasteiger partial charge on any atom is 0.220 e. The summed E-state index contributed by atoms with van der Waals surface area (Å²) in [5.41, 5.74) is 0. The van der Waals surface area contributed by atoms with Crippen LogP contribution in [0.1, 0.15) is 58.8 Å². The van der Waals surface area contributed by atoms with E-state index < -0.39 is 0 Å². The summed E-state index contributed by atoms with van der Waals surface area (Å²) in [5.74, 6) is 0.916. The molecular formula is C12H23NO. The van der Waals surface area contributed by atoms with E-state index in [1.807, 2.05) is 0 Å². The molecule has 0 aromatic rings. The van der Waals surface area contributed by atoms with E-state index in [1.165, 1.54) is 32.1 Å². The summed E-state index contributed by atoms with van der Waals surface area (Å²) >= 11 is 0. The maximum absolute atomic E-state index is 11.6. The van der Waals surface area contributed by atoms with Crippen molar-refractivity contribution in [3.8, 4) is 0 Å². The van der Waals surface area contributed by atoms with E-state index in [-0.39, 0.29) is 5.91 Å². The molecule has 1 saturated carbocycles. The second-order valence-electron chi connectivity index (χ2n) is 4.58. The van der Waals surface area contributed by atoms with Gasteiger partial charge in [-0.25, -0.2) is 0 Å². The average Bonchev–Trinajstić information content (AvgIpc) is 2.19. The van der Waals surface area contributed by atoms with Gasteiger partial charge in [-0.2, -0.15) is 0 Å². The highest BCUT2D eigenvalue weighted by molar-refractivity contribution is 5.76. The Hall–Kier alpha value is -0.530. The summed E-state index contributed by atoms with van der Waals surface area (Å²) in [5, 5.41) is 3.04. The van der Waals surface area contributed by atoms with Crippen molar-refractivity contribution >= 4 is 5.91 Å². The Balaban J connectivity index is 2.18.